The van der Waals surface area contributed by atoms with Gasteiger partial charge in [0.15, 0.2) is 0 Å². The number of hydrogen-bond acceptors (Lipinski definition) is 3. The lowest BCUT2D eigenvalue weighted by Crippen LogP contribution is -2.09. The zero-order chi connectivity index (χ0) is 11.4. The molecule has 4 nitrogen and oxygen atoms in total. The maximum absolute atomic E-state index is 10.7. The first-order valence-corrected chi connectivity index (χ1v) is 5.06. The molecule has 0 aliphatic rings. The largest absolute Gasteiger partial charge is 0.379 e. The van der Waals surface area contributed by atoms with Crippen molar-refractivity contribution in [3.8, 4) is 0 Å². The molecule has 0 aliphatic heterocycles. The van der Waals surface area contributed by atoms with Gasteiger partial charge in [0.2, 0.25) is 0 Å². The van der Waals surface area contributed by atoms with E-state index >= 15 is 0 Å². The maximum atomic E-state index is 10.7. The molecule has 1 N–H and O–H groups in total. The Morgan fingerprint density at radius 3 is 2.73 bits per heavy atom. The van der Waals surface area contributed by atoms with Crippen LogP contribution in [-0.2, 0) is 0 Å². The van der Waals surface area contributed by atoms with Crippen LogP contribution in [0.4, 0.5) is 11.4 Å². The van der Waals surface area contributed by atoms with Crippen LogP contribution in [0.15, 0.2) is 18.2 Å². The predicted octanol–water partition coefficient (Wildman–Crippen LogP) is 3.32. The molecule has 0 spiro atoms. The number of anilines is 1. The first-order chi connectivity index (χ1) is 7.00. The van der Waals surface area contributed by atoms with Gasteiger partial charge < -0.3 is 5.32 Å². The number of rotatable bonds is 4. The van der Waals surface area contributed by atoms with E-state index < -0.39 is 4.92 Å². The number of nitro benzene ring substituents is 1. The summed E-state index contributed by atoms with van der Waals surface area (Å²) in [7, 11) is 0. The Balaban J connectivity index is 2.92. The molecule has 0 fully saturated rings. The topological polar surface area (TPSA) is 55.2 Å². The number of nitro groups is 1. The molecule has 5 heteroatoms. The van der Waals surface area contributed by atoms with Crippen LogP contribution in [0.5, 0.6) is 0 Å². The summed E-state index contributed by atoms with van der Waals surface area (Å²) in [5, 5.41) is 14.2. The number of hydrogen-bond donors (Lipinski definition) is 1. The molecular formula is C10H13ClN2O2. The summed E-state index contributed by atoms with van der Waals surface area (Å²) in [6.45, 7) is 4.74. The van der Waals surface area contributed by atoms with Crippen molar-refractivity contribution in [1.29, 1.82) is 0 Å². The Bertz CT molecular complexity index is 366. The molecule has 0 saturated heterocycles. The second kappa shape index (κ2) is 4.98. The highest BCUT2D eigenvalue weighted by Crippen LogP contribution is 2.27. The molecule has 15 heavy (non-hydrogen) atoms. The van der Waals surface area contributed by atoms with Crippen LogP contribution in [0.25, 0.3) is 0 Å². The maximum Gasteiger partial charge on any atom is 0.292 e. The van der Waals surface area contributed by atoms with Gasteiger partial charge in [0.1, 0.15) is 5.69 Å². The highest BCUT2D eigenvalue weighted by Gasteiger charge is 2.13. The van der Waals surface area contributed by atoms with Gasteiger partial charge in [0, 0.05) is 17.6 Å². The van der Waals surface area contributed by atoms with Gasteiger partial charge in [-0.1, -0.05) is 25.4 Å². The van der Waals surface area contributed by atoms with E-state index in [9.17, 15) is 10.1 Å². The van der Waals surface area contributed by atoms with Crippen molar-refractivity contribution in [2.45, 2.75) is 13.8 Å². The zero-order valence-corrected chi connectivity index (χ0v) is 9.41. The van der Waals surface area contributed by atoms with E-state index in [1.165, 1.54) is 12.1 Å². The Labute approximate surface area is 93.4 Å². The van der Waals surface area contributed by atoms with Crippen molar-refractivity contribution in [3.63, 3.8) is 0 Å². The molecule has 0 unspecified atom stereocenters. The third-order valence-corrected chi connectivity index (χ3v) is 2.09. The second-order valence-corrected chi connectivity index (χ2v) is 4.13. The van der Waals surface area contributed by atoms with Gasteiger partial charge in [-0.2, -0.15) is 0 Å². The van der Waals surface area contributed by atoms with Gasteiger partial charge in [0.25, 0.3) is 5.69 Å². The summed E-state index contributed by atoms with van der Waals surface area (Å²) in [4.78, 5) is 10.3. The van der Waals surface area contributed by atoms with Gasteiger partial charge in [0.05, 0.1) is 4.92 Å². The molecule has 0 atom stereocenters. The Kier molecular flexibility index (Phi) is 3.91. The smallest absolute Gasteiger partial charge is 0.292 e. The Morgan fingerprint density at radius 2 is 2.20 bits per heavy atom. The monoisotopic (exact) mass is 228 g/mol. The lowest BCUT2D eigenvalue weighted by atomic mass is 10.2. The quantitative estimate of drug-likeness (QED) is 0.635. The van der Waals surface area contributed by atoms with Gasteiger partial charge in [-0.15, -0.1) is 0 Å². The summed E-state index contributed by atoms with van der Waals surface area (Å²) in [6, 6.07) is 4.49. The molecule has 0 saturated carbocycles. The van der Waals surface area contributed by atoms with Crippen LogP contribution < -0.4 is 5.32 Å². The van der Waals surface area contributed by atoms with Crippen LogP contribution in [-0.4, -0.2) is 11.5 Å². The molecule has 1 rings (SSSR count). The van der Waals surface area contributed by atoms with E-state index in [0.29, 0.717) is 23.2 Å². The molecule has 1 aromatic rings. The number of nitrogens with one attached hydrogen (secondary N) is 1. The van der Waals surface area contributed by atoms with Crippen LogP contribution in [0.2, 0.25) is 5.02 Å². The van der Waals surface area contributed by atoms with E-state index in [0.717, 1.165) is 0 Å². The molecule has 0 radical (unpaired) electrons. The minimum atomic E-state index is -0.418. The summed E-state index contributed by atoms with van der Waals surface area (Å²) in [5.74, 6) is 0.420. The lowest BCUT2D eigenvalue weighted by Gasteiger charge is -2.09. The summed E-state index contributed by atoms with van der Waals surface area (Å²) >= 11 is 5.77. The molecule has 0 amide bonds. The molecular weight excluding hydrogens is 216 g/mol. The van der Waals surface area contributed by atoms with Gasteiger partial charge in [-0.05, 0) is 18.1 Å². The number of nitrogens with zero attached hydrogens (tertiary/aromatic N) is 1. The normalized spacial score (nSPS) is 10.4. The third-order valence-electron chi connectivity index (χ3n) is 1.86. The molecule has 1 aromatic carbocycles. The minimum absolute atomic E-state index is 0.0556. The van der Waals surface area contributed by atoms with Crippen LogP contribution in [0.3, 0.4) is 0 Å². The van der Waals surface area contributed by atoms with E-state index in [4.69, 9.17) is 11.6 Å². The van der Waals surface area contributed by atoms with E-state index in [1.54, 1.807) is 6.07 Å². The average Bonchev–Trinajstić information content (AvgIpc) is 2.14. The van der Waals surface area contributed by atoms with Gasteiger partial charge >= 0.3 is 0 Å². The van der Waals surface area contributed by atoms with Crippen molar-refractivity contribution in [1.82, 2.24) is 0 Å². The number of halogens is 1. The minimum Gasteiger partial charge on any atom is -0.379 e. The fourth-order valence-corrected chi connectivity index (χ4v) is 1.30. The van der Waals surface area contributed by atoms with Gasteiger partial charge in [-0.3, -0.25) is 10.1 Å². The standard InChI is InChI=1S/C10H13ClN2O2/c1-7(2)6-12-9-5-8(11)3-4-10(9)13(14)15/h3-5,7,12H,6H2,1-2H3. The summed E-state index contributed by atoms with van der Waals surface area (Å²) < 4.78 is 0. The van der Waals surface area contributed by atoms with Crippen molar-refractivity contribution in [2.75, 3.05) is 11.9 Å². The van der Waals surface area contributed by atoms with Crippen molar-refractivity contribution < 1.29 is 4.92 Å². The van der Waals surface area contributed by atoms with Crippen molar-refractivity contribution in [2.24, 2.45) is 5.92 Å². The third kappa shape index (κ3) is 3.40. The van der Waals surface area contributed by atoms with Gasteiger partial charge in [-0.25, -0.2) is 0 Å². The Hall–Kier alpha value is -1.29. The van der Waals surface area contributed by atoms with Crippen molar-refractivity contribution >= 4 is 23.0 Å². The van der Waals surface area contributed by atoms with E-state index in [1.807, 2.05) is 13.8 Å². The highest BCUT2D eigenvalue weighted by atomic mass is 35.5. The summed E-state index contributed by atoms with van der Waals surface area (Å²) in [6.07, 6.45) is 0. The van der Waals surface area contributed by atoms with Crippen molar-refractivity contribution in [3.05, 3.63) is 33.3 Å². The SMILES string of the molecule is CC(C)CNc1cc(Cl)ccc1[N+](=O)[O-]. The second-order valence-electron chi connectivity index (χ2n) is 3.69. The van der Waals surface area contributed by atoms with Crippen LogP contribution in [0, 0.1) is 16.0 Å². The van der Waals surface area contributed by atoms with E-state index in [-0.39, 0.29) is 5.69 Å². The molecule has 82 valence electrons. The van der Waals surface area contributed by atoms with E-state index in [2.05, 4.69) is 5.32 Å². The molecule has 0 aromatic heterocycles. The highest BCUT2D eigenvalue weighted by molar-refractivity contribution is 6.31. The summed E-state index contributed by atoms with van der Waals surface area (Å²) in [5.41, 5.74) is 0.529. The Morgan fingerprint density at radius 1 is 1.53 bits per heavy atom. The van der Waals surface area contributed by atoms with Crippen LogP contribution in [0.1, 0.15) is 13.8 Å². The lowest BCUT2D eigenvalue weighted by molar-refractivity contribution is -0.384. The first kappa shape index (κ1) is 11.8. The fraction of sp³-hybridized carbons (Fsp3) is 0.400. The zero-order valence-electron chi connectivity index (χ0n) is 8.66. The fourth-order valence-electron chi connectivity index (χ4n) is 1.12. The number of benzene rings is 1. The van der Waals surface area contributed by atoms with Crippen LogP contribution >= 0.6 is 11.6 Å². The molecule has 0 aliphatic carbocycles. The first-order valence-electron chi connectivity index (χ1n) is 4.68. The average molecular weight is 229 g/mol. The molecule has 0 heterocycles. The predicted molar refractivity (Wildman–Crippen MR) is 61.4 cm³/mol. The molecule has 0 bridgehead atoms.